The molecule has 1 fully saturated rings. The number of piperidine rings is 1. The second-order valence-electron chi connectivity index (χ2n) is 9.19. The van der Waals surface area contributed by atoms with Crippen LogP contribution in [0.4, 0.5) is 19.0 Å². The summed E-state index contributed by atoms with van der Waals surface area (Å²) in [6, 6.07) is 11.3. The first-order chi connectivity index (χ1) is 16.4. The number of hydrogen-bond acceptors (Lipinski definition) is 5. The predicted molar refractivity (Wildman–Crippen MR) is 122 cm³/mol. The van der Waals surface area contributed by atoms with E-state index in [-0.39, 0.29) is 22.8 Å². The summed E-state index contributed by atoms with van der Waals surface area (Å²) in [4.78, 5) is 14.7. The molecule has 6 nitrogen and oxygen atoms in total. The van der Waals surface area contributed by atoms with Crippen LogP contribution in [0.3, 0.4) is 0 Å². The van der Waals surface area contributed by atoms with E-state index in [1.165, 1.54) is 23.3 Å². The van der Waals surface area contributed by atoms with Crippen LogP contribution in [0.1, 0.15) is 35.7 Å². The Morgan fingerprint density at radius 2 is 1.76 bits per heavy atom. The summed E-state index contributed by atoms with van der Waals surface area (Å²) in [6.07, 6.45) is 4.24. The van der Waals surface area contributed by atoms with Crippen molar-refractivity contribution in [3.8, 4) is 11.4 Å². The highest BCUT2D eigenvalue weighted by Gasteiger charge is 2.46. The van der Waals surface area contributed by atoms with E-state index in [2.05, 4.69) is 38.1 Å². The van der Waals surface area contributed by atoms with Gasteiger partial charge in [-0.25, -0.2) is 9.97 Å². The molecule has 0 saturated carbocycles. The number of pyridine rings is 1. The van der Waals surface area contributed by atoms with Crippen molar-refractivity contribution in [3.05, 3.63) is 78.0 Å². The van der Waals surface area contributed by atoms with Crippen molar-refractivity contribution >= 4 is 11.3 Å². The maximum Gasteiger partial charge on any atom is 0.434 e. The number of nitrogens with two attached hydrogens (primary N) is 1. The molecule has 0 radical (unpaired) electrons. The highest BCUT2D eigenvalue weighted by atomic mass is 19.4. The predicted octanol–water partition coefficient (Wildman–Crippen LogP) is 4.65. The molecule has 0 bridgehead atoms. The zero-order chi connectivity index (χ0) is 23.5. The lowest BCUT2D eigenvalue weighted by atomic mass is 9.73. The lowest BCUT2D eigenvalue weighted by molar-refractivity contribution is -0.140. The van der Waals surface area contributed by atoms with Gasteiger partial charge in [0, 0.05) is 43.3 Å². The van der Waals surface area contributed by atoms with E-state index in [0.29, 0.717) is 5.52 Å². The van der Waals surface area contributed by atoms with E-state index in [0.717, 1.165) is 44.4 Å². The molecule has 1 aliphatic heterocycles. The minimum Gasteiger partial charge on any atom is -0.355 e. The summed E-state index contributed by atoms with van der Waals surface area (Å²) >= 11 is 0. The Morgan fingerprint density at radius 3 is 2.53 bits per heavy atom. The number of benzene rings is 1. The maximum atomic E-state index is 13.6. The summed E-state index contributed by atoms with van der Waals surface area (Å²) < 4.78 is 42.3. The van der Waals surface area contributed by atoms with Crippen molar-refractivity contribution in [2.24, 2.45) is 11.1 Å². The van der Waals surface area contributed by atoms with Gasteiger partial charge in [0.15, 0.2) is 11.5 Å². The first kappa shape index (κ1) is 21.1. The molecule has 2 aliphatic rings. The molecule has 1 aliphatic carbocycles. The van der Waals surface area contributed by atoms with Gasteiger partial charge in [-0.1, -0.05) is 24.3 Å². The SMILES string of the molecule is N[C@@H]1c2ccccc2CC12CCN(c1nccn3c(-c4cccnc4C(F)(F)F)ncc13)CC2. The Hall–Kier alpha value is -3.46. The molecule has 2 N–H and O–H groups in total. The summed E-state index contributed by atoms with van der Waals surface area (Å²) in [5.41, 5.74) is 8.98. The van der Waals surface area contributed by atoms with Crippen LogP contribution in [-0.4, -0.2) is 32.4 Å². The molecule has 1 spiro atoms. The molecule has 174 valence electrons. The van der Waals surface area contributed by atoms with E-state index in [9.17, 15) is 13.2 Å². The molecule has 4 heterocycles. The second kappa shape index (κ2) is 7.53. The van der Waals surface area contributed by atoms with Gasteiger partial charge in [0.25, 0.3) is 0 Å². The number of anilines is 1. The van der Waals surface area contributed by atoms with Gasteiger partial charge < -0.3 is 10.6 Å². The van der Waals surface area contributed by atoms with Crippen LogP contribution >= 0.6 is 0 Å². The second-order valence-corrected chi connectivity index (χ2v) is 9.19. The van der Waals surface area contributed by atoms with Crippen molar-refractivity contribution in [2.75, 3.05) is 18.0 Å². The fourth-order valence-electron chi connectivity index (χ4n) is 5.64. The minimum absolute atomic E-state index is 0.0162. The molecule has 0 amide bonds. The van der Waals surface area contributed by atoms with Crippen LogP contribution in [0.5, 0.6) is 0 Å². The zero-order valence-corrected chi connectivity index (χ0v) is 18.3. The number of imidazole rings is 1. The summed E-state index contributed by atoms with van der Waals surface area (Å²) in [7, 11) is 0. The van der Waals surface area contributed by atoms with Crippen LogP contribution < -0.4 is 10.6 Å². The van der Waals surface area contributed by atoms with Crippen LogP contribution in [0.2, 0.25) is 0 Å². The Morgan fingerprint density at radius 1 is 0.971 bits per heavy atom. The van der Waals surface area contributed by atoms with Gasteiger partial charge in [-0.3, -0.25) is 9.38 Å². The Labute approximate surface area is 194 Å². The highest BCUT2D eigenvalue weighted by molar-refractivity contribution is 5.74. The number of fused-ring (bicyclic) bond motifs is 2. The molecular formula is C25H23F3N6. The third kappa shape index (κ3) is 3.18. The topological polar surface area (TPSA) is 72.3 Å². The van der Waals surface area contributed by atoms with Gasteiger partial charge in [0.05, 0.1) is 6.20 Å². The smallest absolute Gasteiger partial charge is 0.355 e. The zero-order valence-electron chi connectivity index (χ0n) is 18.3. The van der Waals surface area contributed by atoms with Gasteiger partial charge in [-0.2, -0.15) is 13.2 Å². The van der Waals surface area contributed by atoms with E-state index < -0.39 is 11.9 Å². The van der Waals surface area contributed by atoms with Crippen molar-refractivity contribution in [1.82, 2.24) is 19.4 Å². The molecule has 1 atom stereocenters. The molecule has 6 rings (SSSR count). The quantitative estimate of drug-likeness (QED) is 0.468. The monoisotopic (exact) mass is 464 g/mol. The van der Waals surface area contributed by atoms with Gasteiger partial charge in [0.1, 0.15) is 11.3 Å². The largest absolute Gasteiger partial charge is 0.434 e. The summed E-state index contributed by atoms with van der Waals surface area (Å²) in [5, 5.41) is 0. The average molecular weight is 464 g/mol. The lowest BCUT2D eigenvalue weighted by Gasteiger charge is -2.42. The fourth-order valence-corrected chi connectivity index (χ4v) is 5.64. The fraction of sp³-hybridized carbons (Fsp3) is 0.320. The third-order valence-electron chi connectivity index (χ3n) is 7.41. The van der Waals surface area contributed by atoms with Crippen LogP contribution in [0, 0.1) is 5.41 Å². The van der Waals surface area contributed by atoms with Crippen molar-refractivity contribution in [3.63, 3.8) is 0 Å². The van der Waals surface area contributed by atoms with Crippen LogP contribution in [0.15, 0.2) is 61.2 Å². The number of aromatic nitrogens is 4. The van der Waals surface area contributed by atoms with Crippen molar-refractivity contribution in [2.45, 2.75) is 31.5 Å². The molecule has 0 unspecified atom stereocenters. The first-order valence-corrected chi connectivity index (χ1v) is 11.3. The molecule has 3 aromatic heterocycles. The molecule has 1 aromatic carbocycles. The number of rotatable bonds is 2. The number of alkyl halides is 3. The van der Waals surface area contributed by atoms with E-state index in [4.69, 9.17) is 5.73 Å². The molecule has 34 heavy (non-hydrogen) atoms. The number of hydrogen-bond donors (Lipinski definition) is 1. The Bertz CT molecular complexity index is 1370. The van der Waals surface area contributed by atoms with E-state index >= 15 is 0 Å². The third-order valence-corrected chi connectivity index (χ3v) is 7.41. The standard InChI is InChI=1S/C25H23F3N6/c26-25(27,28)21-18(6-3-9-30-21)22-32-15-19-23(31-10-13-34(19)22)33-11-7-24(8-12-33)14-16-4-1-2-5-17(16)20(24)29/h1-6,9-10,13,15,20H,7-8,11-12,14,29H2/t20-/m1/s1. The molecule has 1 saturated heterocycles. The maximum absolute atomic E-state index is 13.6. The molecular weight excluding hydrogens is 441 g/mol. The minimum atomic E-state index is -4.57. The number of halogens is 3. The van der Waals surface area contributed by atoms with Gasteiger partial charge in [0.2, 0.25) is 0 Å². The number of nitrogens with zero attached hydrogens (tertiary/aromatic N) is 5. The van der Waals surface area contributed by atoms with Crippen molar-refractivity contribution in [1.29, 1.82) is 0 Å². The van der Waals surface area contributed by atoms with E-state index in [1.54, 1.807) is 23.0 Å². The van der Waals surface area contributed by atoms with Gasteiger partial charge >= 0.3 is 6.18 Å². The summed E-state index contributed by atoms with van der Waals surface area (Å²) in [6.45, 7) is 1.55. The highest BCUT2D eigenvalue weighted by Crippen LogP contribution is 2.51. The molecule has 9 heteroatoms. The van der Waals surface area contributed by atoms with Crippen molar-refractivity contribution < 1.29 is 13.2 Å². The summed E-state index contributed by atoms with van der Waals surface area (Å²) in [5.74, 6) is 0.915. The molecule has 4 aromatic rings. The average Bonchev–Trinajstić information content (AvgIpc) is 3.39. The van der Waals surface area contributed by atoms with Gasteiger partial charge in [-0.15, -0.1) is 0 Å². The Kier molecular flexibility index (Phi) is 4.67. The Balaban J connectivity index is 1.31. The normalized spacial score (nSPS) is 19.6. The van der Waals surface area contributed by atoms with E-state index in [1.807, 2.05) is 6.07 Å². The van der Waals surface area contributed by atoms with Crippen LogP contribution in [0.25, 0.3) is 16.9 Å². The van der Waals surface area contributed by atoms with Crippen LogP contribution in [-0.2, 0) is 12.6 Å². The van der Waals surface area contributed by atoms with Gasteiger partial charge in [-0.05, 0) is 47.9 Å². The lowest BCUT2D eigenvalue weighted by Crippen LogP contribution is -2.44. The first-order valence-electron chi connectivity index (χ1n) is 11.3.